The number of aryl methyl sites for hydroxylation is 1. The normalized spacial score (nSPS) is 12.4. The smallest absolute Gasteiger partial charge is 0.124 e. The lowest BCUT2D eigenvalue weighted by Gasteiger charge is -2.16. The molecule has 1 heterocycles. The van der Waals surface area contributed by atoms with Crippen molar-refractivity contribution in [3.63, 3.8) is 0 Å². The summed E-state index contributed by atoms with van der Waals surface area (Å²) in [6.07, 6.45) is 1.87. The van der Waals surface area contributed by atoms with Crippen LogP contribution >= 0.6 is 15.9 Å². The summed E-state index contributed by atoms with van der Waals surface area (Å²) in [4.78, 5) is 4.26. The van der Waals surface area contributed by atoms with Crippen LogP contribution in [0, 0.1) is 12.7 Å². The number of nitrogens with one attached hydrogen (secondary N) is 1. The first-order chi connectivity index (χ1) is 9.06. The van der Waals surface area contributed by atoms with E-state index < -0.39 is 0 Å². The van der Waals surface area contributed by atoms with Crippen LogP contribution in [0.15, 0.2) is 41.0 Å². The maximum Gasteiger partial charge on any atom is 0.124 e. The van der Waals surface area contributed by atoms with Crippen molar-refractivity contribution in [2.24, 2.45) is 0 Å². The highest BCUT2D eigenvalue weighted by molar-refractivity contribution is 9.10. The molecule has 1 N–H and O–H groups in total. The molecule has 4 heteroatoms. The van der Waals surface area contributed by atoms with Gasteiger partial charge in [0.25, 0.3) is 0 Å². The predicted octanol–water partition coefficient (Wildman–Crippen LogP) is 4.14. The fourth-order valence-electron chi connectivity index (χ4n) is 1.84. The van der Waals surface area contributed by atoms with Gasteiger partial charge >= 0.3 is 0 Å². The Morgan fingerprint density at radius 2 is 2.11 bits per heavy atom. The van der Waals surface area contributed by atoms with E-state index in [-0.39, 0.29) is 11.9 Å². The van der Waals surface area contributed by atoms with E-state index in [9.17, 15) is 4.39 Å². The van der Waals surface area contributed by atoms with Gasteiger partial charge in [-0.3, -0.25) is 4.98 Å². The molecular weight excluding hydrogens is 307 g/mol. The Bertz CT molecular complexity index is 555. The van der Waals surface area contributed by atoms with Gasteiger partial charge in [-0.15, -0.1) is 0 Å². The van der Waals surface area contributed by atoms with Crippen LogP contribution in [-0.2, 0) is 6.54 Å². The standard InChI is InChI=1S/C15H16BrFN2/c1-10-3-4-12(8-18-10)9-19-11(2)14-6-5-13(17)7-15(14)16/h3-8,11,19H,9H2,1-2H3. The van der Waals surface area contributed by atoms with Crippen LogP contribution in [-0.4, -0.2) is 4.98 Å². The van der Waals surface area contributed by atoms with Crippen molar-refractivity contribution < 1.29 is 4.39 Å². The van der Waals surface area contributed by atoms with Gasteiger partial charge in [0, 0.05) is 29.0 Å². The van der Waals surface area contributed by atoms with Crippen LogP contribution in [0.25, 0.3) is 0 Å². The van der Waals surface area contributed by atoms with E-state index in [4.69, 9.17) is 0 Å². The lowest BCUT2D eigenvalue weighted by molar-refractivity contribution is 0.568. The maximum atomic E-state index is 13.0. The van der Waals surface area contributed by atoms with Crippen molar-refractivity contribution in [1.29, 1.82) is 0 Å². The molecule has 0 aliphatic carbocycles. The Morgan fingerprint density at radius 3 is 2.74 bits per heavy atom. The largest absolute Gasteiger partial charge is 0.306 e. The molecule has 0 radical (unpaired) electrons. The van der Waals surface area contributed by atoms with E-state index >= 15 is 0 Å². The molecule has 1 atom stereocenters. The van der Waals surface area contributed by atoms with Crippen LogP contribution in [0.4, 0.5) is 4.39 Å². The number of aromatic nitrogens is 1. The number of pyridine rings is 1. The lowest BCUT2D eigenvalue weighted by atomic mass is 10.1. The molecule has 0 amide bonds. The van der Waals surface area contributed by atoms with E-state index in [1.807, 2.05) is 19.2 Å². The van der Waals surface area contributed by atoms with Crippen molar-refractivity contribution in [2.75, 3.05) is 0 Å². The third kappa shape index (κ3) is 3.85. The summed E-state index contributed by atoms with van der Waals surface area (Å²) in [6, 6.07) is 8.95. The predicted molar refractivity (Wildman–Crippen MR) is 78.3 cm³/mol. The molecule has 100 valence electrons. The number of rotatable bonds is 4. The minimum atomic E-state index is -0.231. The van der Waals surface area contributed by atoms with Gasteiger partial charge in [-0.2, -0.15) is 0 Å². The zero-order valence-corrected chi connectivity index (χ0v) is 12.5. The second-order valence-corrected chi connectivity index (χ2v) is 5.43. The first-order valence-corrected chi connectivity index (χ1v) is 6.95. The topological polar surface area (TPSA) is 24.9 Å². The Kier molecular flexibility index (Phi) is 4.66. The van der Waals surface area contributed by atoms with Gasteiger partial charge in [0.2, 0.25) is 0 Å². The fraction of sp³-hybridized carbons (Fsp3) is 0.267. The van der Waals surface area contributed by atoms with Gasteiger partial charge in [-0.05, 0) is 43.2 Å². The number of benzene rings is 1. The highest BCUT2D eigenvalue weighted by Crippen LogP contribution is 2.24. The monoisotopic (exact) mass is 322 g/mol. The van der Waals surface area contributed by atoms with E-state index in [0.717, 1.165) is 27.8 Å². The number of hydrogen-bond acceptors (Lipinski definition) is 2. The first-order valence-electron chi connectivity index (χ1n) is 6.16. The molecule has 2 rings (SSSR count). The summed E-state index contributed by atoms with van der Waals surface area (Å²) in [5.74, 6) is -0.231. The second kappa shape index (κ2) is 6.26. The van der Waals surface area contributed by atoms with Crippen molar-refractivity contribution in [2.45, 2.75) is 26.4 Å². The lowest BCUT2D eigenvalue weighted by Crippen LogP contribution is -2.18. The number of nitrogens with zero attached hydrogens (tertiary/aromatic N) is 1. The second-order valence-electron chi connectivity index (χ2n) is 4.58. The van der Waals surface area contributed by atoms with Crippen molar-refractivity contribution in [1.82, 2.24) is 10.3 Å². The zero-order chi connectivity index (χ0) is 13.8. The SMILES string of the molecule is Cc1ccc(CNC(C)c2ccc(F)cc2Br)cn1. The number of halogens is 2. The van der Waals surface area contributed by atoms with E-state index in [0.29, 0.717) is 0 Å². The van der Waals surface area contributed by atoms with E-state index in [1.54, 1.807) is 6.07 Å². The summed E-state index contributed by atoms with van der Waals surface area (Å²) >= 11 is 3.39. The van der Waals surface area contributed by atoms with Gasteiger partial charge in [-0.1, -0.05) is 28.1 Å². The minimum absolute atomic E-state index is 0.135. The van der Waals surface area contributed by atoms with Gasteiger partial charge in [-0.25, -0.2) is 4.39 Å². The maximum absolute atomic E-state index is 13.0. The van der Waals surface area contributed by atoms with Crippen LogP contribution < -0.4 is 5.32 Å². The van der Waals surface area contributed by atoms with Gasteiger partial charge < -0.3 is 5.32 Å². The highest BCUT2D eigenvalue weighted by Gasteiger charge is 2.09. The Morgan fingerprint density at radius 1 is 1.32 bits per heavy atom. The van der Waals surface area contributed by atoms with Crippen LogP contribution in [0.3, 0.4) is 0 Å². The zero-order valence-electron chi connectivity index (χ0n) is 11.0. The molecule has 0 saturated heterocycles. The minimum Gasteiger partial charge on any atom is -0.306 e. The summed E-state index contributed by atoms with van der Waals surface area (Å²) in [5.41, 5.74) is 3.19. The average Bonchev–Trinajstić information content (AvgIpc) is 2.37. The summed E-state index contributed by atoms with van der Waals surface area (Å²) in [6.45, 7) is 4.76. The Labute approximate surface area is 121 Å². The quantitative estimate of drug-likeness (QED) is 0.915. The summed E-state index contributed by atoms with van der Waals surface area (Å²) in [5, 5.41) is 3.40. The van der Waals surface area contributed by atoms with Crippen LogP contribution in [0.2, 0.25) is 0 Å². The van der Waals surface area contributed by atoms with Crippen molar-refractivity contribution in [3.8, 4) is 0 Å². The first kappa shape index (κ1) is 14.2. The van der Waals surface area contributed by atoms with Gasteiger partial charge in [0.05, 0.1) is 0 Å². The summed E-state index contributed by atoms with van der Waals surface area (Å²) in [7, 11) is 0. The van der Waals surface area contributed by atoms with Crippen LogP contribution in [0.1, 0.15) is 29.8 Å². The number of hydrogen-bond donors (Lipinski definition) is 1. The van der Waals surface area contributed by atoms with Gasteiger partial charge in [0.1, 0.15) is 5.82 Å². The molecule has 1 aromatic heterocycles. The average molecular weight is 323 g/mol. The summed E-state index contributed by atoms with van der Waals surface area (Å²) < 4.78 is 13.8. The molecule has 0 spiro atoms. The van der Waals surface area contributed by atoms with Crippen molar-refractivity contribution in [3.05, 3.63) is 63.6 Å². The van der Waals surface area contributed by atoms with Crippen LogP contribution in [0.5, 0.6) is 0 Å². The highest BCUT2D eigenvalue weighted by atomic mass is 79.9. The molecule has 0 bridgehead atoms. The van der Waals surface area contributed by atoms with E-state index in [2.05, 4.69) is 39.2 Å². The third-order valence-electron chi connectivity index (χ3n) is 3.01. The molecule has 1 aromatic carbocycles. The molecule has 0 aliphatic heterocycles. The molecule has 2 nitrogen and oxygen atoms in total. The van der Waals surface area contributed by atoms with Crippen molar-refractivity contribution >= 4 is 15.9 Å². The molecule has 1 unspecified atom stereocenters. The molecule has 0 fully saturated rings. The Balaban J connectivity index is 2.01. The third-order valence-corrected chi connectivity index (χ3v) is 3.70. The fourth-order valence-corrected chi connectivity index (χ4v) is 2.53. The molecule has 2 aromatic rings. The molecule has 19 heavy (non-hydrogen) atoms. The van der Waals surface area contributed by atoms with Gasteiger partial charge in [0.15, 0.2) is 0 Å². The van der Waals surface area contributed by atoms with E-state index in [1.165, 1.54) is 12.1 Å². The molecular formula is C15H16BrFN2. The molecule has 0 saturated carbocycles. The molecule has 0 aliphatic rings. The Hall–Kier alpha value is -1.26.